The number of ether oxygens (including phenoxy) is 1. The molecule has 206 valence electrons. The smallest absolute Gasteiger partial charge is 0.234 e. The van der Waals surface area contributed by atoms with Crippen LogP contribution in [0.4, 0.5) is 11.6 Å². The van der Waals surface area contributed by atoms with Crippen LogP contribution in [-0.4, -0.2) is 90.5 Å². The molecule has 0 aliphatic carbocycles. The number of carbonyl (C=O) groups is 1. The van der Waals surface area contributed by atoms with E-state index >= 15 is 0 Å². The quantitative estimate of drug-likeness (QED) is 0.524. The number of anilines is 2. The number of nitrogens with one attached hydrogen (secondary N) is 2. The first kappa shape index (κ1) is 27.1. The van der Waals surface area contributed by atoms with Gasteiger partial charge in [0.05, 0.1) is 19.3 Å². The first-order chi connectivity index (χ1) is 19.0. The van der Waals surface area contributed by atoms with Crippen molar-refractivity contribution in [2.24, 2.45) is 0 Å². The summed E-state index contributed by atoms with van der Waals surface area (Å²) in [6, 6.07) is 14.7. The molecular weight excluding hydrogens is 490 g/mol. The molecule has 3 aromatic rings. The second kappa shape index (κ2) is 12.5. The Morgan fingerprint density at radius 1 is 0.949 bits per heavy atom. The van der Waals surface area contributed by atoms with Gasteiger partial charge >= 0.3 is 0 Å². The highest BCUT2D eigenvalue weighted by Crippen LogP contribution is 2.27. The molecule has 39 heavy (non-hydrogen) atoms. The number of hydrogen-bond acceptors (Lipinski definition) is 8. The van der Waals surface area contributed by atoms with Crippen molar-refractivity contribution in [3.8, 4) is 17.0 Å². The lowest BCUT2D eigenvalue weighted by Gasteiger charge is -2.34. The fraction of sp³-hybridized carbons (Fsp3) is 0.433. The number of rotatable bonds is 2. The fourth-order valence-corrected chi connectivity index (χ4v) is 5.31. The third-order valence-corrected chi connectivity index (χ3v) is 7.49. The molecule has 0 unspecified atom stereocenters. The van der Waals surface area contributed by atoms with Crippen molar-refractivity contribution in [2.45, 2.75) is 26.4 Å². The first-order valence-corrected chi connectivity index (χ1v) is 13.8. The van der Waals surface area contributed by atoms with Crippen molar-refractivity contribution < 1.29 is 9.53 Å². The highest BCUT2D eigenvalue weighted by molar-refractivity contribution is 5.78. The van der Waals surface area contributed by atoms with Gasteiger partial charge in [-0.05, 0) is 54.4 Å². The number of carbonyl (C=O) groups excluding carboxylic acids is 1. The lowest BCUT2D eigenvalue weighted by atomic mass is 10.00. The minimum atomic E-state index is 0.0957. The summed E-state index contributed by atoms with van der Waals surface area (Å²) < 4.78 is 5.60. The lowest BCUT2D eigenvalue weighted by molar-refractivity contribution is -0.122. The van der Waals surface area contributed by atoms with Gasteiger partial charge in [-0.25, -0.2) is 9.97 Å². The predicted molar refractivity (Wildman–Crippen MR) is 154 cm³/mol. The highest BCUT2D eigenvalue weighted by Gasteiger charge is 2.20. The van der Waals surface area contributed by atoms with Gasteiger partial charge in [0.2, 0.25) is 11.9 Å². The summed E-state index contributed by atoms with van der Waals surface area (Å²) in [5, 5.41) is 6.51. The summed E-state index contributed by atoms with van der Waals surface area (Å²) in [6.07, 6.45) is 2.76. The van der Waals surface area contributed by atoms with E-state index in [4.69, 9.17) is 9.72 Å². The van der Waals surface area contributed by atoms with Crippen LogP contribution in [0.5, 0.6) is 5.75 Å². The van der Waals surface area contributed by atoms with E-state index in [0.717, 1.165) is 80.5 Å². The summed E-state index contributed by atoms with van der Waals surface area (Å²) in [5.41, 5.74) is 6.57. The number of aryl methyl sites for hydroxylation is 1. The average molecular weight is 530 g/mol. The number of fused-ring (bicyclic) bond motifs is 8. The van der Waals surface area contributed by atoms with E-state index in [2.05, 4.69) is 74.6 Å². The Labute approximate surface area is 231 Å². The van der Waals surface area contributed by atoms with E-state index in [0.29, 0.717) is 19.0 Å². The number of hydrogen-bond donors (Lipinski definition) is 2. The van der Waals surface area contributed by atoms with Crippen LogP contribution < -0.4 is 15.4 Å². The molecule has 0 saturated carbocycles. The molecule has 9 nitrogen and oxygen atoms in total. The maximum atomic E-state index is 12.6. The monoisotopic (exact) mass is 529 g/mol. The van der Waals surface area contributed by atoms with Crippen LogP contribution in [0.15, 0.2) is 48.7 Å². The van der Waals surface area contributed by atoms with Crippen molar-refractivity contribution in [1.82, 2.24) is 30.0 Å². The topological polar surface area (TPSA) is 85.9 Å². The minimum Gasteiger partial charge on any atom is -0.497 e. The van der Waals surface area contributed by atoms with E-state index in [1.165, 1.54) is 11.1 Å². The predicted octanol–water partition coefficient (Wildman–Crippen LogP) is 3.14. The largest absolute Gasteiger partial charge is 0.497 e. The van der Waals surface area contributed by atoms with Crippen LogP contribution in [-0.2, 0) is 24.3 Å². The molecule has 1 aromatic heterocycles. The van der Waals surface area contributed by atoms with E-state index in [1.807, 2.05) is 12.1 Å². The molecule has 4 heterocycles. The highest BCUT2D eigenvalue weighted by atomic mass is 16.5. The van der Waals surface area contributed by atoms with Gasteiger partial charge in [-0.15, -0.1) is 0 Å². The zero-order valence-corrected chi connectivity index (χ0v) is 23.2. The van der Waals surface area contributed by atoms with Crippen LogP contribution in [0, 0.1) is 0 Å². The summed E-state index contributed by atoms with van der Waals surface area (Å²) in [6.45, 7) is 9.25. The Kier molecular flexibility index (Phi) is 8.71. The van der Waals surface area contributed by atoms with Crippen LogP contribution in [0.3, 0.4) is 0 Å². The standard InChI is InChI=1S/C30H39N7O2/c1-4-23-5-6-24-17-25(23)20-35(2)10-9-31-29(38)21-37-13-11-36(12-14-37)19-22-15-26(18-27(16-22)39-3)33-30-32-8-7-28(24)34-30/h5-8,15-18H,4,9-14,19-21H2,1-3H3,(H,31,38)(H,32,33,34). The molecule has 3 aliphatic heterocycles. The second-order valence-electron chi connectivity index (χ2n) is 10.4. The zero-order valence-electron chi connectivity index (χ0n) is 23.2. The molecule has 0 radical (unpaired) electrons. The van der Waals surface area contributed by atoms with Crippen molar-refractivity contribution >= 4 is 17.5 Å². The maximum absolute atomic E-state index is 12.6. The maximum Gasteiger partial charge on any atom is 0.234 e. The van der Waals surface area contributed by atoms with Gasteiger partial charge in [0.25, 0.3) is 0 Å². The molecule has 0 spiro atoms. The van der Waals surface area contributed by atoms with Crippen molar-refractivity contribution in [3.05, 3.63) is 65.4 Å². The Morgan fingerprint density at radius 2 is 1.74 bits per heavy atom. The number of amides is 1. The Hall–Kier alpha value is -3.53. The third kappa shape index (κ3) is 7.11. The molecule has 1 saturated heterocycles. The van der Waals surface area contributed by atoms with Gasteiger partial charge in [-0.2, -0.15) is 0 Å². The normalized spacial score (nSPS) is 20.7. The Morgan fingerprint density at radius 3 is 2.51 bits per heavy atom. The second-order valence-corrected chi connectivity index (χ2v) is 10.4. The Balaban J connectivity index is 1.46. The summed E-state index contributed by atoms with van der Waals surface area (Å²) in [4.78, 5) is 28.9. The number of nitrogens with zero attached hydrogens (tertiary/aromatic N) is 5. The van der Waals surface area contributed by atoms with Crippen LogP contribution in [0.25, 0.3) is 11.3 Å². The third-order valence-electron chi connectivity index (χ3n) is 7.49. The number of benzene rings is 2. The van der Waals surface area contributed by atoms with Gasteiger partial charge in [-0.1, -0.05) is 19.1 Å². The van der Waals surface area contributed by atoms with Gasteiger partial charge in [0.1, 0.15) is 5.75 Å². The molecule has 8 bridgehead atoms. The van der Waals surface area contributed by atoms with Gasteiger partial charge in [0, 0.05) is 75.9 Å². The van der Waals surface area contributed by atoms with E-state index in [1.54, 1.807) is 13.3 Å². The van der Waals surface area contributed by atoms with Gasteiger partial charge in [-0.3, -0.25) is 14.6 Å². The molecule has 3 aliphatic rings. The first-order valence-electron chi connectivity index (χ1n) is 13.8. The summed E-state index contributed by atoms with van der Waals surface area (Å²) >= 11 is 0. The molecule has 1 fully saturated rings. The van der Waals surface area contributed by atoms with Crippen molar-refractivity contribution in [1.29, 1.82) is 0 Å². The van der Waals surface area contributed by atoms with Crippen LogP contribution in [0.2, 0.25) is 0 Å². The SMILES string of the molecule is CCc1ccc2cc1CN(C)CCNC(=O)CN1CCN(CC1)Cc1cc(cc(OC)c1)Nc1nccc-2n1. The average Bonchev–Trinajstić information content (AvgIpc) is 2.93. The number of methoxy groups -OCH3 is 1. The molecule has 2 aromatic carbocycles. The molecule has 1 amide bonds. The number of piperazine rings is 1. The van der Waals surface area contributed by atoms with Gasteiger partial charge < -0.3 is 20.3 Å². The summed E-state index contributed by atoms with van der Waals surface area (Å²) in [5.74, 6) is 1.44. The zero-order chi connectivity index (χ0) is 27.2. The molecule has 2 N–H and O–H groups in total. The Bertz CT molecular complexity index is 1290. The minimum absolute atomic E-state index is 0.0957. The van der Waals surface area contributed by atoms with Crippen LogP contribution in [0.1, 0.15) is 23.6 Å². The van der Waals surface area contributed by atoms with Crippen LogP contribution >= 0.6 is 0 Å². The fourth-order valence-electron chi connectivity index (χ4n) is 5.31. The van der Waals surface area contributed by atoms with E-state index in [9.17, 15) is 4.79 Å². The summed E-state index contributed by atoms with van der Waals surface area (Å²) in [7, 11) is 3.79. The molecule has 9 heteroatoms. The van der Waals surface area contributed by atoms with Crippen molar-refractivity contribution in [3.63, 3.8) is 0 Å². The van der Waals surface area contributed by atoms with E-state index < -0.39 is 0 Å². The van der Waals surface area contributed by atoms with Gasteiger partial charge in [0.15, 0.2) is 0 Å². The van der Waals surface area contributed by atoms with E-state index in [-0.39, 0.29) is 5.91 Å². The number of likely N-dealkylation sites (N-methyl/N-ethyl adjacent to an activating group) is 1. The lowest BCUT2D eigenvalue weighted by Crippen LogP contribution is -2.49. The van der Waals surface area contributed by atoms with Crippen molar-refractivity contribution in [2.75, 3.05) is 65.3 Å². The molecule has 0 atom stereocenters. The molecule has 6 rings (SSSR count). The molecular formula is C30H39N7O2. The number of aromatic nitrogens is 2.